The fraction of sp³-hybridized carbons (Fsp3) is 0. The first-order valence-electron chi connectivity index (χ1n) is 7.96. The molecule has 0 unspecified atom stereocenters. The molecule has 4 aromatic rings. The van der Waals surface area contributed by atoms with Crippen molar-refractivity contribution in [1.29, 1.82) is 0 Å². The van der Waals surface area contributed by atoms with Crippen LogP contribution in [0.2, 0.25) is 0 Å². The number of halogens is 2. The summed E-state index contributed by atoms with van der Waals surface area (Å²) in [7, 11) is 0. The van der Waals surface area contributed by atoms with Crippen molar-refractivity contribution >= 4 is 61.2 Å². The molecule has 0 fully saturated rings. The summed E-state index contributed by atoms with van der Waals surface area (Å²) in [4.78, 5) is 16.9. The number of carbonyl (C=O) groups is 1. The van der Waals surface area contributed by atoms with Gasteiger partial charge in [0.15, 0.2) is 5.58 Å². The summed E-state index contributed by atoms with van der Waals surface area (Å²) in [5, 5.41) is 12.5. The van der Waals surface area contributed by atoms with Crippen molar-refractivity contribution in [3.8, 4) is 17.2 Å². The normalized spacial score (nSPS) is 10.9. The molecule has 2 N–H and O–H groups in total. The lowest BCUT2D eigenvalue weighted by atomic mass is 10.2. The molecule has 0 radical (unpaired) electrons. The van der Waals surface area contributed by atoms with Crippen LogP contribution in [-0.2, 0) is 0 Å². The van der Waals surface area contributed by atoms with E-state index in [1.54, 1.807) is 48.5 Å². The van der Waals surface area contributed by atoms with Gasteiger partial charge in [-0.05, 0) is 99.2 Å². The number of hydrogen-bond acceptors (Lipinski definition) is 4. The van der Waals surface area contributed by atoms with Crippen molar-refractivity contribution in [1.82, 2.24) is 4.98 Å². The molecule has 0 atom stereocenters. The van der Waals surface area contributed by atoms with E-state index < -0.39 is 0 Å². The molecule has 0 aliphatic rings. The van der Waals surface area contributed by atoms with Gasteiger partial charge < -0.3 is 14.8 Å². The number of fused-ring (bicyclic) bond motifs is 1. The molecule has 7 heteroatoms. The zero-order valence-electron chi connectivity index (χ0n) is 13.7. The smallest absolute Gasteiger partial charge is 0.255 e. The van der Waals surface area contributed by atoms with E-state index in [0.29, 0.717) is 32.7 Å². The molecule has 1 heterocycles. The van der Waals surface area contributed by atoms with Crippen LogP contribution in [0.25, 0.3) is 22.6 Å². The van der Waals surface area contributed by atoms with Crippen LogP contribution in [0.5, 0.6) is 5.75 Å². The molecule has 0 aliphatic heterocycles. The summed E-state index contributed by atoms with van der Waals surface area (Å²) >= 11 is 5.48. The first-order valence-corrected chi connectivity index (χ1v) is 9.83. The number of carbonyl (C=O) groups excluding carboxylic acids is 1. The molecular weight excluding hydrogens is 523 g/mol. The van der Waals surface area contributed by atoms with Crippen LogP contribution < -0.4 is 5.32 Å². The minimum atomic E-state index is -0.183. The van der Waals surface area contributed by atoms with Gasteiger partial charge in [-0.1, -0.05) is 0 Å². The Morgan fingerprint density at radius 3 is 2.59 bits per heavy atom. The standard InChI is InChI=1S/C20H12BrIN2O3/c21-15-9-12(3-7-17(15)25)20-24-16-10-14(6-8-18(16)27-20)23-19(26)11-1-4-13(22)5-2-11/h1-10,25H,(H,23,26). The quantitative estimate of drug-likeness (QED) is 0.325. The number of rotatable bonds is 3. The van der Waals surface area contributed by atoms with Gasteiger partial charge in [0.25, 0.3) is 5.91 Å². The Kier molecular flexibility index (Phi) is 4.88. The zero-order valence-corrected chi connectivity index (χ0v) is 17.5. The first-order chi connectivity index (χ1) is 13.0. The molecular formula is C20H12BrIN2O3. The number of oxazole rings is 1. The van der Waals surface area contributed by atoms with Gasteiger partial charge in [-0.15, -0.1) is 0 Å². The maximum absolute atomic E-state index is 12.4. The van der Waals surface area contributed by atoms with Gasteiger partial charge in [-0.3, -0.25) is 4.79 Å². The van der Waals surface area contributed by atoms with Crippen molar-refractivity contribution in [2.45, 2.75) is 0 Å². The van der Waals surface area contributed by atoms with E-state index in [9.17, 15) is 9.90 Å². The van der Waals surface area contributed by atoms with E-state index in [-0.39, 0.29) is 11.7 Å². The Hall–Kier alpha value is -2.39. The minimum absolute atomic E-state index is 0.149. The molecule has 1 amide bonds. The van der Waals surface area contributed by atoms with Gasteiger partial charge in [-0.2, -0.15) is 0 Å². The van der Waals surface area contributed by atoms with E-state index in [1.165, 1.54) is 0 Å². The predicted molar refractivity (Wildman–Crippen MR) is 116 cm³/mol. The molecule has 0 spiro atoms. The van der Waals surface area contributed by atoms with Crippen LogP contribution >= 0.6 is 38.5 Å². The third-order valence-electron chi connectivity index (χ3n) is 3.95. The lowest BCUT2D eigenvalue weighted by molar-refractivity contribution is 0.102. The lowest BCUT2D eigenvalue weighted by Gasteiger charge is -2.05. The summed E-state index contributed by atoms with van der Waals surface area (Å²) in [5.74, 6) is 0.402. The highest BCUT2D eigenvalue weighted by Crippen LogP contribution is 2.31. The molecule has 3 aromatic carbocycles. The van der Waals surface area contributed by atoms with E-state index in [1.807, 2.05) is 12.1 Å². The summed E-state index contributed by atoms with van der Waals surface area (Å²) in [5.41, 5.74) is 3.21. The second-order valence-corrected chi connectivity index (χ2v) is 7.93. The maximum Gasteiger partial charge on any atom is 0.255 e. The second-order valence-electron chi connectivity index (χ2n) is 5.83. The van der Waals surface area contributed by atoms with E-state index in [0.717, 1.165) is 9.13 Å². The molecule has 27 heavy (non-hydrogen) atoms. The number of phenolic OH excluding ortho intramolecular Hbond substituents is 1. The molecule has 4 rings (SSSR count). The highest BCUT2D eigenvalue weighted by molar-refractivity contribution is 14.1. The Bertz CT molecular complexity index is 1160. The van der Waals surface area contributed by atoms with E-state index in [2.05, 4.69) is 48.8 Å². The molecule has 0 bridgehead atoms. The largest absolute Gasteiger partial charge is 0.507 e. The van der Waals surface area contributed by atoms with Gasteiger partial charge in [0.2, 0.25) is 5.89 Å². The van der Waals surface area contributed by atoms with Crippen molar-refractivity contribution in [3.05, 3.63) is 74.3 Å². The molecule has 134 valence electrons. The number of nitrogens with one attached hydrogen (secondary N) is 1. The number of aromatic nitrogens is 1. The van der Waals surface area contributed by atoms with E-state index >= 15 is 0 Å². The van der Waals surface area contributed by atoms with E-state index in [4.69, 9.17) is 4.42 Å². The Morgan fingerprint density at radius 1 is 1.07 bits per heavy atom. The molecule has 0 aliphatic carbocycles. The van der Waals surface area contributed by atoms with Crippen LogP contribution in [0.15, 0.2) is 69.6 Å². The molecule has 1 aromatic heterocycles. The van der Waals surface area contributed by atoms with Crippen molar-refractivity contribution in [2.24, 2.45) is 0 Å². The molecule has 0 saturated carbocycles. The number of benzene rings is 3. The zero-order chi connectivity index (χ0) is 19.0. The summed E-state index contributed by atoms with van der Waals surface area (Å²) in [6.07, 6.45) is 0. The molecule has 5 nitrogen and oxygen atoms in total. The highest BCUT2D eigenvalue weighted by Gasteiger charge is 2.12. The van der Waals surface area contributed by atoms with Crippen LogP contribution in [0.4, 0.5) is 5.69 Å². The van der Waals surface area contributed by atoms with Crippen LogP contribution in [0, 0.1) is 3.57 Å². The van der Waals surface area contributed by atoms with Crippen LogP contribution in [0.3, 0.4) is 0 Å². The third kappa shape index (κ3) is 3.84. The number of amides is 1. The number of anilines is 1. The number of phenols is 1. The second kappa shape index (κ2) is 7.32. The van der Waals surface area contributed by atoms with Crippen LogP contribution in [0.1, 0.15) is 10.4 Å². The molecule has 0 saturated heterocycles. The number of nitrogens with zero attached hydrogens (tertiary/aromatic N) is 1. The summed E-state index contributed by atoms with van der Waals surface area (Å²) < 4.78 is 7.41. The van der Waals surface area contributed by atoms with Crippen molar-refractivity contribution < 1.29 is 14.3 Å². The maximum atomic E-state index is 12.4. The minimum Gasteiger partial charge on any atom is -0.507 e. The summed E-state index contributed by atoms with van der Waals surface area (Å²) in [6, 6.07) is 17.7. The fourth-order valence-electron chi connectivity index (χ4n) is 2.57. The lowest BCUT2D eigenvalue weighted by Crippen LogP contribution is -2.11. The summed E-state index contributed by atoms with van der Waals surface area (Å²) in [6.45, 7) is 0. The van der Waals surface area contributed by atoms with Gasteiger partial charge >= 0.3 is 0 Å². The monoisotopic (exact) mass is 534 g/mol. The van der Waals surface area contributed by atoms with Gasteiger partial charge in [0.1, 0.15) is 11.3 Å². The van der Waals surface area contributed by atoms with Crippen molar-refractivity contribution in [2.75, 3.05) is 5.32 Å². The van der Waals surface area contributed by atoms with Gasteiger partial charge in [0, 0.05) is 20.4 Å². The Morgan fingerprint density at radius 2 is 1.85 bits per heavy atom. The first kappa shape index (κ1) is 18.0. The van der Waals surface area contributed by atoms with Gasteiger partial charge in [0.05, 0.1) is 4.47 Å². The van der Waals surface area contributed by atoms with Gasteiger partial charge in [-0.25, -0.2) is 4.98 Å². The fourth-order valence-corrected chi connectivity index (χ4v) is 3.31. The average Bonchev–Trinajstić information content (AvgIpc) is 3.08. The number of hydrogen-bond donors (Lipinski definition) is 2. The third-order valence-corrected chi connectivity index (χ3v) is 5.30. The topological polar surface area (TPSA) is 75.4 Å². The Balaban J connectivity index is 1.61. The van der Waals surface area contributed by atoms with Crippen molar-refractivity contribution in [3.63, 3.8) is 0 Å². The SMILES string of the molecule is O=C(Nc1ccc2oc(-c3ccc(O)c(Br)c3)nc2c1)c1ccc(I)cc1. The highest BCUT2D eigenvalue weighted by atomic mass is 127. The predicted octanol–water partition coefficient (Wildman–Crippen LogP) is 5.82. The Labute approximate surface area is 176 Å². The number of aromatic hydroxyl groups is 1. The average molecular weight is 535 g/mol. The van der Waals surface area contributed by atoms with Crippen LogP contribution in [-0.4, -0.2) is 16.0 Å².